The number of fused-ring (bicyclic) bond motifs is 1. The molecule has 3 heteroatoms. The minimum Gasteiger partial charge on any atom is -0.481 e. The molecule has 0 aromatic carbocycles. The van der Waals surface area contributed by atoms with E-state index < -0.39 is 5.97 Å². The molecule has 100 valence electrons. The van der Waals surface area contributed by atoms with Crippen molar-refractivity contribution < 1.29 is 9.90 Å². The molecule has 3 N–H and O–H groups in total. The fraction of sp³-hybridized carbons (Fsp3) is 0.667. The van der Waals surface area contributed by atoms with Crippen molar-refractivity contribution in [3.63, 3.8) is 0 Å². The second-order valence-electron chi connectivity index (χ2n) is 5.79. The average molecular weight is 249 g/mol. The van der Waals surface area contributed by atoms with Gasteiger partial charge in [-0.3, -0.25) is 4.79 Å². The van der Waals surface area contributed by atoms with Crippen LogP contribution in [0.25, 0.3) is 0 Å². The van der Waals surface area contributed by atoms with Gasteiger partial charge in [-0.25, -0.2) is 0 Å². The van der Waals surface area contributed by atoms with E-state index in [0.29, 0.717) is 18.4 Å². The Morgan fingerprint density at radius 2 is 2.22 bits per heavy atom. The predicted molar refractivity (Wildman–Crippen MR) is 72.1 cm³/mol. The molecule has 3 nitrogen and oxygen atoms in total. The van der Waals surface area contributed by atoms with Crippen LogP contribution >= 0.6 is 0 Å². The van der Waals surface area contributed by atoms with E-state index in [2.05, 4.69) is 12.2 Å². The van der Waals surface area contributed by atoms with Gasteiger partial charge < -0.3 is 10.8 Å². The second kappa shape index (κ2) is 4.54. The van der Waals surface area contributed by atoms with Gasteiger partial charge in [0.1, 0.15) is 0 Å². The molecule has 0 amide bonds. The average Bonchev–Trinajstić information content (AvgIpc) is 2.51. The first kappa shape index (κ1) is 13.3. The predicted octanol–water partition coefficient (Wildman–Crippen LogP) is 2.73. The fourth-order valence-electron chi connectivity index (χ4n) is 3.81. The number of rotatable bonds is 4. The van der Waals surface area contributed by atoms with E-state index in [1.807, 2.05) is 0 Å². The van der Waals surface area contributed by atoms with Crippen molar-refractivity contribution in [3.05, 3.63) is 23.3 Å². The van der Waals surface area contributed by atoms with E-state index in [4.69, 9.17) is 10.8 Å². The lowest BCUT2D eigenvalue weighted by molar-refractivity contribution is -0.144. The van der Waals surface area contributed by atoms with Gasteiger partial charge in [0, 0.05) is 0 Å². The molecule has 0 spiro atoms. The summed E-state index contributed by atoms with van der Waals surface area (Å²) in [6.45, 7) is 0.503. The van der Waals surface area contributed by atoms with Crippen molar-refractivity contribution in [2.75, 3.05) is 6.54 Å². The Bertz CT molecular complexity index is 424. The van der Waals surface area contributed by atoms with Crippen LogP contribution in [0.3, 0.4) is 0 Å². The van der Waals surface area contributed by atoms with Crippen molar-refractivity contribution in [1.82, 2.24) is 0 Å². The van der Waals surface area contributed by atoms with E-state index in [1.165, 1.54) is 24.0 Å². The van der Waals surface area contributed by atoms with Crippen LogP contribution in [0.15, 0.2) is 23.3 Å². The summed E-state index contributed by atoms with van der Waals surface area (Å²) in [7, 11) is 0. The zero-order chi connectivity index (χ0) is 12.0. The molecule has 0 aromatic heterocycles. The van der Waals surface area contributed by atoms with Crippen LogP contribution in [-0.4, -0.2) is 17.6 Å². The first-order valence-corrected chi connectivity index (χ1v) is 6.46. The summed E-state index contributed by atoms with van der Waals surface area (Å²) in [5.41, 5.74) is 8.66. The lowest BCUT2D eigenvalue weighted by Gasteiger charge is -2.51. The third-order valence-corrected chi connectivity index (χ3v) is 4.87. The minimum atomic E-state index is -0.710. The van der Waals surface area contributed by atoms with Crippen LogP contribution in [0.4, 0.5) is 0 Å². The normalized spacial score (nSPS) is 36.5. The highest BCUT2D eigenvalue weighted by Gasteiger charge is 2.55. The van der Waals surface area contributed by atoms with Crippen molar-refractivity contribution >= 4 is 5.97 Å². The molecule has 3 aliphatic rings. The fourth-order valence-corrected chi connectivity index (χ4v) is 3.81. The maximum absolute atomic E-state index is 11.0. The van der Waals surface area contributed by atoms with Crippen LogP contribution in [0.1, 0.15) is 39.5 Å². The molecular formula is C15H23NO2. The maximum Gasteiger partial charge on any atom is 0.303 e. The Kier molecular flexibility index (Phi) is 3.37. The summed E-state index contributed by atoms with van der Waals surface area (Å²) in [5, 5.41) is 9.01. The first-order valence-electron chi connectivity index (χ1n) is 6.46. The molecule has 0 saturated heterocycles. The maximum atomic E-state index is 11.0. The number of nitrogens with two attached hydrogens (primary N) is 1. The molecule has 1 fully saturated rings. The topological polar surface area (TPSA) is 63.3 Å². The Morgan fingerprint density at radius 1 is 1.50 bits per heavy atom. The van der Waals surface area contributed by atoms with Crippen molar-refractivity contribution in [2.24, 2.45) is 23.0 Å². The summed E-state index contributed by atoms with van der Waals surface area (Å²) in [5.74, 6) is 0.369. The zero-order valence-electron chi connectivity index (χ0n) is 9.98. The van der Waals surface area contributed by atoms with Gasteiger partial charge in [-0.1, -0.05) is 19.6 Å². The standard InChI is InChI=1S/C14H19NO2.CH4/c15-8-14(7-13(16)17)6-11-4-10(5-12(11)14)9-2-1-3-9;/h2,5,11-12H,1,3-4,6-8,15H2,(H,16,17);1H4/t11?,12-,14-;/m1./s1. The Hall–Kier alpha value is -1.09. The molecule has 3 rings (SSSR count). The molecule has 1 unspecified atom stereocenters. The summed E-state index contributed by atoms with van der Waals surface area (Å²) in [6, 6.07) is 0. The van der Waals surface area contributed by atoms with E-state index in [0.717, 1.165) is 12.8 Å². The molecular weight excluding hydrogens is 226 g/mol. The van der Waals surface area contributed by atoms with Crippen molar-refractivity contribution in [1.29, 1.82) is 0 Å². The van der Waals surface area contributed by atoms with Crippen LogP contribution in [-0.2, 0) is 4.79 Å². The minimum absolute atomic E-state index is 0. The van der Waals surface area contributed by atoms with Gasteiger partial charge in [-0.2, -0.15) is 0 Å². The van der Waals surface area contributed by atoms with Crippen molar-refractivity contribution in [2.45, 2.75) is 39.5 Å². The van der Waals surface area contributed by atoms with Crippen LogP contribution in [0.2, 0.25) is 0 Å². The number of aliphatic carboxylic acids is 1. The Labute approximate surface area is 109 Å². The SMILES string of the molecule is C.NC[C@]1(CC(=O)O)CC2CC(C3=CCC3)=C[C@H]21. The van der Waals surface area contributed by atoms with Gasteiger partial charge in [-0.15, -0.1) is 0 Å². The van der Waals surface area contributed by atoms with Gasteiger partial charge >= 0.3 is 5.97 Å². The number of carboxylic acid groups (broad SMARTS) is 1. The third kappa shape index (κ3) is 1.81. The van der Waals surface area contributed by atoms with E-state index >= 15 is 0 Å². The largest absolute Gasteiger partial charge is 0.481 e. The quantitative estimate of drug-likeness (QED) is 0.805. The molecule has 1 saturated carbocycles. The number of allylic oxidation sites excluding steroid dienone is 4. The number of carboxylic acids is 1. The molecule has 0 aromatic rings. The molecule has 0 bridgehead atoms. The summed E-state index contributed by atoms with van der Waals surface area (Å²) in [6.07, 6.45) is 9.42. The molecule has 3 aliphatic carbocycles. The highest BCUT2D eigenvalue weighted by molar-refractivity contribution is 5.68. The summed E-state index contributed by atoms with van der Waals surface area (Å²) < 4.78 is 0. The lowest BCUT2D eigenvalue weighted by atomic mass is 9.53. The molecule has 0 heterocycles. The van der Waals surface area contributed by atoms with E-state index in [9.17, 15) is 4.79 Å². The number of hydrogen-bond donors (Lipinski definition) is 2. The van der Waals surface area contributed by atoms with E-state index in [-0.39, 0.29) is 19.3 Å². The van der Waals surface area contributed by atoms with Gasteiger partial charge in [0.05, 0.1) is 6.42 Å². The number of hydrogen-bond acceptors (Lipinski definition) is 2. The Morgan fingerprint density at radius 3 is 2.72 bits per heavy atom. The number of carbonyl (C=O) groups is 1. The van der Waals surface area contributed by atoms with Gasteiger partial charge in [0.2, 0.25) is 0 Å². The molecule has 0 radical (unpaired) electrons. The third-order valence-electron chi connectivity index (χ3n) is 4.87. The summed E-state index contributed by atoms with van der Waals surface area (Å²) >= 11 is 0. The lowest BCUT2D eigenvalue weighted by Crippen LogP contribution is -2.51. The highest BCUT2D eigenvalue weighted by Crippen LogP contribution is 2.60. The molecule has 18 heavy (non-hydrogen) atoms. The Balaban J connectivity index is 0.00000120. The van der Waals surface area contributed by atoms with Crippen LogP contribution < -0.4 is 5.73 Å². The van der Waals surface area contributed by atoms with Crippen molar-refractivity contribution in [3.8, 4) is 0 Å². The zero-order valence-corrected chi connectivity index (χ0v) is 9.98. The molecule has 3 atom stereocenters. The monoisotopic (exact) mass is 249 g/mol. The van der Waals surface area contributed by atoms with Crippen LogP contribution in [0.5, 0.6) is 0 Å². The smallest absolute Gasteiger partial charge is 0.303 e. The van der Waals surface area contributed by atoms with E-state index in [1.54, 1.807) is 0 Å². The van der Waals surface area contributed by atoms with Gasteiger partial charge in [0.15, 0.2) is 0 Å². The second-order valence-corrected chi connectivity index (χ2v) is 5.79. The van der Waals surface area contributed by atoms with Crippen LogP contribution in [0, 0.1) is 17.3 Å². The highest BCUT2D eigenvalue weighted by atomic mass is 16.4. The summed E-state index contributed by atoms with van der Waals surface area (Å²) in [4.78, 5) is 11.0. The first-order chi connectivity index (χ1) is 8.14. The van der Waals surface area contributed by atoms with Gasteiger partial charge in [0.25, 0.3) is 0 Å². The van der Waals surface area contributed by atoms with Gasteiger partial charge in [-0.05, 0) is 60.6 Å². The molecule has 0 aliphatic heterocycles.